The molecule has 0 saturated carbocycles. The van der Waals surface area contributed by atoms with Crippen LogP contribution < -0.4 is 5.56 Å². The molecule has 1 aromatic rings. The summed E-state index contributed by atoms with van der Waals surface area (Å²) in [6.45, 7) is 1.87. The van der Waals surface area contributed by atoms with Crippen LogP contribution in [0.15, 0.2) is 4.79 Å². The molecule has 1 aromatic heterocycles. The highest BCUT2D eigenvalue weighted by Gasteiger charge is 2.42. The van der Waals surface area contributed by atoms with Crippen LogP contribution in [0.2, 0.25) is 0 Å². The fourth-order valence-corrected chi connectivity index (χ4v) is 5.43. The molecule has 1 aliphatic carbocycles. The molecule has 0 amide bonds. The van der Waals surface area contributed by atoms with Crippen LogP contribution >= 0.6 is 0 Å². The number of aromatic amines is 1. The molecule has 0 bridgehead atoms. The predicted octanol–water partition coefficient (Wildman–Crippen LogP) is 0.979. The molecular weight excluding hydrogens is 264 g/mol. The van der Waals surface area contributed by atoms with Crippen molar-refractivity contribution in [2.24, 2.45) is 0 Å². The van der Waals surface area contributed by atoms with Crippen LogP contribution in [-0.2, 0) is 28.2 Å². The molecule has 2 aliphatic rings. The molecule has 0 aromatic carbocycles. The summed E-state index contributed by atoms with van der Waals surface area (Å²) in [7, 11) is -3.01. The Kier molecular flexibility index (Phi) is 2.89. The first-order valence-corrected chi connectivity index (χ1v) is 8.77. The van der Waals surface area contributed by atoms with E-state index in [9.17, 15) is 13.2 Å². The maximum absolute atomic E-state index is 12.5. The average molecular weight is 284 g/mol. The highest BCUT2D eigenvalue weighted by atomic mass is 32.2. The lowest BCUT2D eigenvalue weighted by Crippen LogP contribution is -2.39. The number of fused-ring (bicyclic) bond motifs is 1. The third-order valence-corrected chi connectivity index (χ3v) is 6.34. The SMILES string of the molecule is CC1(n2[nH]c3c(c2=O)CCCCC3)CCS(=O)(=O)C1. The van der Waals surface area contributed by atoms with Crippen LogP contribution in [0.4, 0.5) is 0 Å². The van der Waals surface area contributed by atoms with Crippen molar-refractivity contribution in [1.29, 1.82) is 0 Å². The summed E-state index contributed by atoms with van der Waals surface area (Å²) in [5.41, 5.74) is 1.30. The van der Waals surface area contributed by atoms with E-state index >= 15 is 0 Å². The summed E-state index contributed by atoms with van der Waals surface area (Å²) in [5, 5.41) is 3.20. The molecule has 3 rings (SSSR count). The molecule has 106 valence electrons. The van der Waals surface area contributed by atoms with Gasteiger partial charge < -0.3 is 0 Å². The summed E-state index contributed by atoms with van der Waals surface area (Å²) in [6, 6.07) is 0. The van der Waals surface area contributed by atoms with Gasteiger partial charge >= 0.3 is 0 Å². The minimum atomic E-state index is -3.01. The van der Waals surface area contributed by atoms with Crippen molar-refractivity contribution in [3.05, 3.63) is 21.6 Å². The summed E-state index contributed by atoms with van der Waals surface area (Å²) in [6.07, 6.45) is 5.56. The Balaban J connectivity index is 2.05. The van der Waals surface area contributed by atoms with Gasteiger partial charge in [0, 0.05) is 11.3 Å². The van der Waals surface area contributed by atoms with E-state index in [4.69, 9.17) is 0 Å². The lowest BCUT2D eigenvalue weighted by atomic mass is 10.0. The zero-order chi connectivity index (χ0) is 13.7. The van der Waals surface area contributed by atoms with Gasteiger partial charge in [-0.3, -0.25) is 9.89 Å². The number of nitrogens with one attached hydrogen (secondary N) is 1. The summed E-state index contributed by atoms with van der Waals surface area (Å²) >= 11 is 0. The van der Waals surface area contributed by atoms with Gasteiger partial charge in [-0.15, -0.1) is 0 Å². The first kappa shape index (κ1) is 13.0. The number of aromatic nitrogens is 2. The zero-order valence-electron chi connectivity index (χ0n) is 11.2. The second-order valence-electron chi connectivity index (χ2n) is 6.11. The number of H-pyrrole nitrogens is 1. The fourth-order valence-electron chi connectivity index (χ4n) is 3.31. The van der Waals surface area contributed by atoms with E-state index in [-0.39, 0.29) is 17.1 Å². The van der Waals surface area contributed by atoms with Gasteiger partial charge in [0.25, 0.3) is 5.56 Å². The van der Waals surface area contributed by atoms with Crippen molar-refractivity contribution in [2.45, 2.75) is 51.0 Å². The molecule has 5 nitrogen and oxygen atoms in total. The molecule has 1 unspecified atom stereocenters. The lowest BCUT2D eigenvalue weighted by Gasteiger charge is -2.23. The third kappa shape index (κ3) is 2.16. The number of nitrogens with zero attached hydrogens (tertiary/aromatic N) is 1. The van der Waals surface area contributed by atoms with Crippen LogP contribution in [0.3, 0.4) is 0 Å². The lowest BCUT2D eigenvalue weighted by molar-refractivity contribution is 0.317. The van der Waals surface area contributed by atoms with Gasteiger partial charge in [0.05, 0.1) is 17.0 Å². The Morgan fingerprint density at radius 2 is 1.95 bits per heavy atom. The summed E-state index contributed by atoms with van der Waals surface area (Å²) in [4.78, 5) is 12.5. The molecule has 1 saturated heterocycles. The Hall–Kier alpha value is -1.04. The standard InChI is InChI=1S/C13H20N2O3S/c1-13(7-8-19(17,18)9-13)15-12(16)10-5-3-2-4-6-11(10)14-15/h14H,2-9H2,1H3. The normalized spacial score (nSPS) is 29.9. The highest BCUT2D eigenvalue weighted by Crippen LogP contribution is 2.30. The summed E-state index contributed by atoms with van der Waals surface area (Å²) < 4.78 is 25.0. The van der Waals surface area contributed by atoms with Gasteiger partial charge in [-0.25, -0.2) is 13.1 Å². The molecule has 0 spiro atoms. The van der Waals surface area contributed by atoms with Crippen molar-refractivity contribution < 1.29 is 8.42 Å². The van der Waals surface area contributed by atoms with Crippen LogP contribution in [0, 0.1) is 0 Å². The summed E-state index contributed by atoms with van der Waals surface area (Å²) in [5.74, 6) is 0.249. The van der Waals surface area contributed by atoms with Crippen molar-refractivity contribution in [1.82, 2.24) is 9.78 Å². The molecule has 0 radical (unpaired) electrons. The minimum Gasteiger partial charge on any atom is -0.299 e. The quantitative estimate of drug-likeness (QED) is 0.781. The van der Waals surface area contributed by atoms with Crippen molar-refractivity contribution in [3.8, 4) is 0 Å². The first-order valence-electron chi connectivity index (χ1n) is 6.95. The molecule has 19 heavy (non-hydrogen) atoms. The smallest absolute Gasteiger partial charge is 0.270 e. The monoisotopic (exact) mass is 284 g/mol. The fraction of sp³-hybridized carbons (Fsp3) is 0.769. The minimum absolute atomic E-state index is 0.00324. The maximum atomic E-state index is 12.5. The van der Waals surface area contributed by atoms with Crippen LogP contribution in [0.25, 0.3) is 0 Å². The van der Waals surface area contributed by atoms with Crippen molar-refractivity contribution in [2.75, 3.05) is 11.5 Å². The predicted molar refractivity (Wildman–Crippen MR) is 73.2 cm³/mol. The van der Waals surface area contributed by atoms with E-state index in [0.29, 0.717) is 6.42 Å². The molecule has 2 heterocycles. The Morgan fingerprint density at radius 3 is 2.63 bits per heavy atom. The largest absolute Gasteiger partial charge is 0.299 e. The Morgan fingerprint density at radius 1 is 1.21 bits per heavy atom. The van der Waals surface area contributed by atoms with E-state index in [1.165, 1.54) is 0 Å². The average Bonchev–Trinajstić information content (AvgIpc) is 2.70. The zero-order valence-corrected chi connectivity index (χ0v) is 12.1. The Labute approximate surface area is 112 Å². The van der Waals surface area contributed by atoms with Gasteiger partial charge in [0.1, 0.15) is 0 Å². The second kappa shape index (κ2) is 4.23. The molecule has 1 aliphatic heterocycles. The van der Waals surface area contributed by atoms with Gasteiger partial charge in [0.15, 0.2) is 9.84 Å². The van der Waals surface area contributed by atoms with E-state index in [1.54, 1.807) is 4.68 Å². The Bertz CT molecular complexity index is 656. The molecule has 1 fully saturated rings. The van der Waals surface area contributed by atoms with E-state index in [1.807, 2.05) is 6.92 Å². The highest BCUT2D eigenvalue weighted by molar-refractivity contribution is 7.91. The third-order valence-electron chi connectivity index (χ3n) is 4.45. The molecular formula is C13H20N2O3S. The van der Waals surface area contributed by atoms with Gasteiger partial charge in [0.2, 0.25) is 0 Å². The molecule has 1 atom stereocenters. The van der Waals surface area contributed by atoms with E-state index in [0.717, 1.165) is 43.4 Å². The first-order chi connectivity index (χ1) is 8.91. The van der Waals surface area contributed by atoms with Gasteiger partial charge in [-0.2, -0.15) is 0 Å². The number of hydrogen-bond donors (Lipinski definition) is 1. The topological polar surface area (TPSA) is 71.9 Å². The van der Waals surface area contributed by atoms with Crippen LogP contribution in [0.1, 0.15) is 43.9 Å². The van der Waals surface area contributed by atoms with Gasteiger partial charge in [-0.1, -0.05) is 6.42 Å². The van der Waals surface area contributed by atoms with Gasteiger partial charge in [-0.05, 0) is 39.0 Å². The van der Waals surface area contributed by atoms with Crippen molar-refractivity contribution in [3.63, 3.8) is 0 Å². The number of hydrogen-bond acceptors (Lipinski definition) is 3. The van der Waals surface area contributed by atoms with Crippen molar-refractivity contribution >= 4 is 9.84 Å². The van der Waals surface area contributed by atoms with Crippen LogP contribution in [-0.4, -0.2) is 29.7 Å². The molecule has 6 heteroatoms. The number of sulfone groups is 1. The molecule has 1 N–H and O–H groups in total. The van der Waals surface area contributed by atoms with E-state index in [2.05, 4.69) is 5.10 Å². The maximum Gasteiger partial charge on any atom is 0.270 e. The second-order valence-corrected chi connectivity index (χ2v) is 8.29. The van der Waals surface area contributed by atoms with Crippen LogP contribution in [0.5, 0.6) is 0 Å². The number of aryl methyl sites for hydroxylation is 1. The number of rotatable bonds is 1. The van der Waals surface area contributed by atoms with E-state index < -0.39 is 15.4 Å².